The SMILES string of the molecule is Cc1ccc(C(=O)c2cc(F)ccc2C(F)(F)F)cc1C. The highest BCUT2D eigenvalue weighted by Crippen LogP contribution is 2.33. The highest BCUT2D eigenvalue weighted by atomic mass is 19.4. The molecule has 110 valence electrons. The van der Waals surface area contributed by atoms with E-state index >= 15 is 0 Å². The average Bonchev–Trinajstić information content (AvgIpc) is 2.39. The van der Waals surface area contributed by atoms with E-state index in [9.17, 15) is 22.4 Å². The second kappa shape index (κ2) is 5.31. The zero-order valence-electron chi connectivity index (χ0n) is 11.4. The van der Waals surface area contributed by atoms with Crippen molar-refractivity contribution in [3.63, 3.8) is 0 Å². The molecule has 0 fully saturated rings. The van der Waals surface area contributed by atoms with Crippen LogP contribution in [0.15, 0.2) is 36.4 Å². The first-order valence-corrected chi connectivity index (χ1v) is 6.19. The van der Waals surface area contributed by atoms with E-state index in [0.29, 0.717) is 18.2 Å². The predicted octanol–water partition coefficient (Wildman–Crippen LogP) is 4.69. The molecule has 0 bridgehead atoms. The Morgan fingerprint density at radius 2 is 1.62 bits per heavy atom. The highest BCUT2D eigenvalue weighted by molar-refractivity contribution is 6.10. The van der Waals surface area contributed by atoms with Gasteiger partial charge in [0.05, 0.1) is 5.56 Å². The van der Waals surface area contributed by atoms with Crippen LogP contribution in [0.5, 0.6) is 0 Å². The number of aryl methyl sites for hydroxylation is 2. The molecule has 0 radical (unpaired) electrons. The summed E-state index contributed by atoms with van der Waals surface area (Å²) in [5.74, 6) is -1.72. The summed E-state index contributed by atoms with van der Waals surface area (Å²) in [5, 5.41) is 0. The number of benzene rings is 2. The molecule has 0 saturated heterocycles. The largest absolute Gasteiger partial charge is 0.417 e. The Labute approximate surface area is 119 Å². The van der Waals surface area contributed by atoms with E-state index in [0.717, 1.165) is 11.1 Å². The summed E-state index contributed by atoms with van der Waals surface area (Å²) in [5.41, 5.74) is -0.000250. The molecule has 2 rings (SSSR count). The molecular weight excluding hydrogens is 284 g/mol. The minimum absolute atomic E-state index is 0.106. The van der Waals surface area contributed by atoms with Crippen LogP contribution in [0.1, 0.15) is 32.6 Å². The lowest BCUT2D eigenvalue weighted by atomic mass is 9.95. The number of halogens is 4. The Balaban J connectivity index is 2.57. The fourth-order valence-electron chi connectivity index (χ4n) is 1.99. The van der Waals surface area contributed by atoms with E-state index in [1.54, 1.807) is 13.0 Å². The Kier molecular flexibility index (Phi) is 3.85. The minimum Gasteiger partial charge on any atom is -0.289 e. The average molecular weight is 296 g/mol. The van der Waals surface area contributed by atoms with Gasteiger partial charge in [0.15, 0.2) is 5.78 Å². The van der Waals surface area contributed by atoms with Gasteiger partial charge in [-0.1, -0.05) is 12.1 Å². The van der Waals surface area contributed by atoms with E-state index in [1.807, 2.05) is 6.92 Å². The summed E-state index contributed by atoms with van der Waals surface area (Å²) in [7, 11) is 0. The van der Waals surface area contributed by atoms with Crippen molar-refractivity contribution in [3.8, 4) is 0 Å². The molecule has 2 aromatic carbocycles. The van der Waals surface area contributed by atoms with Crippen LogP contribution in [-0.2, 0) is 6.18 Å². The van der Waals surface area contributed by atoms with Gasteiger partial charge in [-0.2, -0.15) is 13.2 Å². The Hall–Kier alpha value is -2.17. The summed E-state index contributed by atoms with van der Waals surface area (Å²) >= 11 is 0. The van der Waals surface area contributed by atoms with Crippen molar-refractivity contribution < 1.29 is 22.4 Å². The Morgan fingerprint density at radius 1 is 0.952 bits per heavy atom. The van der Waals surface area contributed by atoms with Crippen LogP contribution in [0.25, 0.3) is 0 Å². The van der Waals surface area contributed by atoms with Crippen molar-refractivity contribution in [2.75, 3.05) is 0 Å². The number of carbonyl (C=O) groups excluding carboxylic acids is 1. The van der Waals surface area contributed by atoms with Crippen molar-refractivity contribution >= 4 is 5.78 Å². The first kappa shape index (κ1) is 15.2. The quantitative estimate of drug-likeness (QED) is 0.580. The van der Waals surface area contributed by atoms with E-state index in [-0.39, 0.29) is 5.56 Å². The van der Waals surface area contributed by atoms with Gasteiger partial charge in [0, 0.05) is 11.1 Å². The van der Waals surface area contributed by atoms with E-state index in [2.05, 4.69) is 0 Å². The molecule has 0 unspecified atom stereocenters. The van der Waals surface area contributed by atoms with Gasteiger partial charge in [-0.3, -0.25) is 4.79 Å². The number of hydrogen-bond acceptors (Lipinski definition) is 1. The first-order valence-electron chi connectivity index (χ1n) is 6.19. The van der Waals surface area contributed by atoms with Crippen molar-refractivity contribution in [2.24, 2.45) is 0 Å². The molecule has 0 aliphatic heterocycles. The van der Waals surface area contributed by atoms with Gasteiger partial charge in [0.2, 0.25) is 0 Å². The third kappa shape index (κ3) is 3.12. The molecule has 2 aromatic rings. The zero-order chi connectivity index (χ0) is 15.8. The maximum atomic E-state index is 13.2. The standard InChI is InChI=1S/C16H12F4O/c1-9-3-4-11(7-10(9)2)15(21)13-8-12(17)5-6-14(13)16(18,19)20/h3-8H,1-2H3. The molecule has 0 amide bonds. The lowest BCUT2D eigenvalue weighted by Crippen LogP contribution is -2.14. The number of alkyl halides is 3. The number of rotatable bonds is 2. The van der Waals surface area contributed by atoms with Crippen LogP contribution >= 0.6 is 0 Å². The van der Waals surface area contributed by atoms with E-state index in [1.165, 1.54) is 12.1 Å². The Bertz CT molecular complexity index is 702. The fourth-order valence-corrected chi connectivity index (χ4v) is 1.99. The summed E-state index contributed by atoms with van der Waals surface area (Å²) in [6, 6.07) is 6.50. The smallest absolute Gasteiger partial charge is 0.289 e. The molecule has 0 N–H and O–H groups in total. The monoisotopic (exact) mass is 296 g/mol. The fraction of sp³-hybridized carbons (Fsp3) is 0.188. The third-order valence-electron chi connectivity index (χ3n) is 3.30. The first-order chi connectivity index (χ1) is 9.70. The number of carbonyl (C=O) groups is 1. The lowest BCUT2D eigenvalue weighted by molar-refractivity contribution is -0.137. The Morgan fingerprint density at radius 3 is 2.19 bits per heavy atom. The molecule has 21 heavy (non-hydrogen) atoms. The predicted molar refractivity (Wildman–Crippen MR) is 70.8 cm³/mol. The van der Waals surface area contributed by atoms with E-state index in [4.69, 9.17) is 0 Å². The second-order valence-electron chi connectivity index (χ2n) is 4.82. The second-order valence-corrected chi connectivity index (χ2v) is 4.82. The van der Waals surface area contributed by atoms with Crippen molar-refractivity contribution in [1.82, 2.24) is 0 Å². The van der Waals surface area contributed by atoms with Crippen molar-refractivity contribution in [2.45, 2.75) is 20.0 Å². The van der Waals surface area contributed by atoms with Crippen LogP contribution in [0.4, 0.5) is 17.6 Å². The van der Waals surface area contributed by atoms with Crippen molar-refractivity contribution in [1.29, 1.82) is 0 Å². The third-order valence-corrected chi connectivity index (χ3v) is 3.30. The lowest BCUT2D eigenvalue weighted by Gasteiger charge is -2.12. The summed E-state index contributed by atoms with van der Waals surface area (Å²) in [6.45, 7) is 3.58. The molecule has 0 spiro atoms. The van der Waals surface area contributed by atoms with Crippen LogP contribution < -0.4 is 0 Å². The van der Waals surface area contributed by atoms with Gasteiger partial charge in [-0.25, -0.2) is 4.39 Å². The van der Waals surface area contributed by atoms with Gasteiger partial charge < -0.3 is 0 Å². The van der Waals surface area contributed by atoms with Crippen LogP contribution in [0.2, 0.25) is 0 Å². The molecule has 0 aromatic heterocycles. The molecule has 0 aliphatic carbocycles. The molecule has 5 heteroatoms. The van der Waals surface area contributed by atoms with Crippen molar-refractivity contribution in [3.05, 3.63) is 70.0 Å². The maximum absolute atomic E-state index is 13.2. The summed E-state index contributed by atoms with van der Waals surface area (Å²) < 4.78 is 52.0. The molecule has 0 aliphatic rings. The van der Waals surface area contributed by atoms with Gasteiger partial charge in [0.1, 0.15) is 5.82 Å². The highest BCUT2D eigenvalue weighted by Gasteiger charge is 2.35. The normalized spacial score (nSPS) is 11.5. The summed E-state index contributed by atoms with van der Waals surface area (Å²) in [4.78, 5) is 12.3. The van der Waals surface area contributed by atoms with Gasteiger partial charge in [0.25, 0.3) is 0 Å². The van der Waals surface area contributed by atoms with Crippen LogP contribution in [0.3, 0.4) is 0 Å². The van der Waals surface area contributed by atoms with E-state index < -0.39 is 28.9 Å². The van der Waals surface area contributed by atoms with Crippen LogP contribution in [-0.4, -0.2) is 5.78 Å². The van der Waals surface area contributed by atoms with Gasteiger partial charge in [-0.05, 0) is 49.2 Å². The van der Waals surface area contributed by atoms with Crippen LogP contribution in [0, 0.1) is 19.7 Å². The summed E-state index contributed by atoms with van der Waals surface area (Å²) in [6.07, 6.45) is -4.71. The van der Waals surface area contributed by atoms with Gasteiger partial charge >= 0.3 is 6.18 Å². The molecule has 0 heterocycles. The van der Waals surface area contributed by atoms with Gasteiger partial charge in [-0.15, -0.1) is 0 Å². The number of hydrogen-bond donors (Lipinski definition) is 0. The maximum Gasteiger partial charge on any atom is 0.417 e. The topological polar surface area (TPSA) is 17.1 Å². The zero-order valence-corrected chi connectivity index (χ0v) is 11.4. The molecule has 0 saturated carbocycles. The number of ketones is 1. The molecular formula is C16H12F4O. The minimum atomic E-state index is -4.71. The molecule has 0 atom stereocenters. The molecule has 1 nitrogen and oxygen atoms in total.